The summed E-state index contributed by atoms with van der Waals surface area (Å²) in [6.45, 7) is 4.17. The van der Waals surface area contributed by atoms with Crippen molar-refractivity contribution in [3.05, 3.63) is 52.8 Å². The van der Waals surface area contributed by atoms with Crippen molar-refractivity contribution in [1.82, 2.24) is 4.31 Å². The van der Waals surface area contributed by atoms with E-state index in [9.17, 15) is 22.4 Å². The number of morpholine rings is 1. The van der Waals surface area contributed by atoms with E-state index in [1.54, 1.807) is 13.8 Å². The van der Waals surface area contributed by atoms with Crippen LogP contribution in [0.5, 0.6) is 0 Å². The summed E-state index contributed by atoms with van der Waals surface area (Å²) in [6.07, 6.45) is 0. The standard InChI is InChI=1S/C22H23ClFN3O5S/c1-22(2)16-12-15(33(30,31)26-7-9-32-10-8-26)4-6-19(16)27(21(22)29)13-20(28)25-18-5-3-14(23)11-17(18)24/h3-6,11-12H,7-10,13H2,1-2H3,(H,25,28). The lowest BCUT2D eigenvalue weighted by molar-refractivity contribution is -0.124. The first-order valence-corrected chi connectivity index (χ1v) is 12.1. The molecule has 2 aromatic carbocycles. The fourth-order valence-corrected chi connectivity index (χ4v) is 5.58. The number of amides is 2. The SMILES string of the molecule is CC1(C)C(=O)N(CC(=O)Nc2ccc(Cl)cc2F)c2ccc(S(=O)(=O)N3CCOCC3)cc21. The molecule has 8 nitrogen and oxygen atoms in total. The summed E-state index contributed by atoms with van der Waals surface area (Å²) in [4.78, 5) is 27.1. The number of nitrogens with one attached hydrogen (secondary N) is 1. The summed E-state index contributed by atoms with van der Waals surface area (Å²) >= 11 is 5.73. The molecule has 0 bridgehead atoms. The van der Waals surface area contributed by atoms with Crippen LogP contribution >= 0.6 is 11.6 Å². The first kappa shape index (κ1) is 23.6. The van der Waals surface area contributed by atoms with Crippen molar-refractivity contribution in [2.24, 2.45) is 0 Å². The largest absolute Gasteiger partial charge is 0.379 e. The number of nitrogens with zero attached hydrogens (tertiary/aromatic N) is 2. The molecule has 1 fully saturated rings. The second-order valence-electron chi connectivity index (χ2n) is 8.38. The molecule has 0 aliphatic carbocycles. The molecule has 4 rings (SSSR count). The van der Waals surface area contributed by atoms with Gasteiger partial charge in [0.15, 0.2) is 0 Å². The van der Waals surface area contributed by atoms with Gasteiger partial charge in [-0.15, -0.1) is 0 Å². The Bertz CT molecular complexity index is 1230. The highest BCUT2D eigenvalue weighted by Gasteiger charge is 2.45. The summed E-state index contributed by atoms with van der Waals surface area (Å²) in [7, 11) is -3.75. The van der Waals surface area contributed by atoms with E-state index in [-0.39, 0.29) is 41.1 Å². The molecule has 2 aromatic rings. The minimum atomic E-state index is -3.75. The number of sulfonamides is 1. The van der Waals surface area contributed by atoms with Crippen LogP contribution in [0, 0.1) is 5.82 Å². The molecule has 176 valence electrons. The molecular formula is C22H23ClFN3O5S. The number of carbonyl (C=O) groups is 2. The van der Waals surface area contributed by atoms with Crippen molar-refractivity contribution in [2.75, 3.05) is 43.1 Å². The zero-order chi connectivity index (χ0) is 24.0. The molecule has 0 radical (unpaired) electrons. The summed E-state index contributed by atoms with van der Waals surface area (Å²) in [5.41, 5.74) is -0.148. The summed E-state index contributed by atoms with van der Waals surface area (Å²) in [5, 5.41) is 2.63. The van der Waals surface area contributed by atoms with Crippen molar-refractivity contribution in [2.45, 2.75) is 24.2 Å². The van der Waals surface area contributed by atoms with Gasteiger partial charge >= 0.3 is 0 Å². The smallest absolute Gasteiger partial charge is 0.244 e. The number of fused-ring (bicyclic) bond motifs is 1. The number of anilines is 2. The normalized spacial score (nSPS) is 18.3. The molecule has 1 N–H and O–H groups in total. The van der Waals surface area contributed by atoms with Crippen molar-refractivity contribution in [3.8, 4) is 0 Å². The first-order chi connectivity index (χ1) is 15.5. The van der Waals surface area contributed by atoms with Crippen LogP contribution < -0.4 is 10.2 Å². The van der Waals surface area contributed by atoms with E-state index in [1.165, 1.54) is 39.5 Å². The average molecular weight is 496 g/mol. The second-order valence-corrected chi connectivity index (χ2v) is 10.8. The third-order valence-corrected chi connectivity index (χ3v) is 7.96. The lowest BCUT2D eigenvalue weighted by atomic mass is 9.86. The predicted molar refractivity (Wildman–Crippen MR) is 121 cm³/mol. The maximum absolute atomic E-state index is 14.0. The fourth-order valence-electron chi connectivity index (χ4n) is 3.99. The molecule has 0 atom stereocenters. The quantitative estimate of drug-likeness (QED) is 0.688. The van der Waals surface area contributed by atoms with Crippen molar-refractivity contribution < 1.29 is 27.1 Å². The molecule has 2 aliphatic heterocycles. The maximum atomic E-state index is 14.0. The highest BCUT2D eigenvalue weighted by Crippen LogP contribution is 2.42. The van der Waals surface area contributed by atoms with Gasteiger partial charge in [-0.1, -0.05) is 11.6 Å². The third-order valence-electron chi connectivity index (χ3n) is 5.83. The van der Waals surface area contributed by atoms with E-state index in [0.29, 0.717) is 24.5 Å². The molecule has 0 spiro atoms. The average Bonchev–Trinajstić information content (AvgIpc) is 2.96. The Hall–Kier alpha value is -2.53. The Morgan fingerprint density at radius 3 is 2.55 bits per heavy atom. The Balaban J connectivity index is 1.60. The van der Waals surface area contributed by atoms with Crippen molar-refractivity contribution >= 4 is 44.8 Å². The van der Waals surface area contributed by atoms with Gasteiger partial charge in [0.25, 0.3) is 0 Å². The summed E-state index contributed by atoms with van der Waals surface area (Å²) in [5.74, 6) is -1.65. The van der Waals surface area contributed by atoms with Gasteiger partial charge in [0, 0.05) is 23.8 Å². The molecule has 2 heterocycles. The van der Waals surface area contributed by atoms with Gasteiger partial charge in [-0.3, -0.25) is 9.59 Å². The van der Waals surface area contributed by atoms with Gasteiger partial charge in [-0.05, 0) is 55.8 Å². The minimum absolute atomic E-state index is 0.0533. The fraction of sp³-hybridized carbons (Fsp3) is 0.364. The topological polar surface area (TPSA) is 96.0 Å². The monoisotopic (exact) mass is 495 g/mol. The molecular weight excluding hydrogens is 473 g/mol. The number of halogens is 2. The number of ether oxygens (including phenoxy) is 1. The van der Waals surface area contributed by atoms with Crippen LogP contribution in [0.3, 0.4) is 0 Å². The van der Waals surface area contributed by atoms with Crippen LogP contribution in [0.2, 0.25) is 5.02 Å². The number of benzene rings is 2. The predicted octanol–water partition coefficient (Wildman–Crippen LogP) is 2.76. The van der Waals surface area contributed by atoms with Crippen LogP contribution in [-0.4, -0.2) is 57.4 Å². The zero-order valence-electron chi connectivity index (χ0n) is 18.1. The van der Waals surface area contributed by atoms with Gasteiger partial charge in [0.1, 0.15) is 12.4 Å². The van der Waals surface area contributed by atoms with E-state index in [1.807, 2.05) is 0 Å². The van der Waals surface area contributed by atoms with Crippen molar-refractivity contribution in [3.63, 3.8) is 0 Å². The van der Waals surface area contributed by atoms with Gasteiger partial charge in [-0.2, -0.15) is 4.31 Å². The van der Waals surface area contributed by atoms with Crippen LogP contribution in [-0.2, 0) is 29.8 Å². The highest BCUT2D eigenvalue weighted by molar-refractivity contribution is 7.89. The van der Waals surface area contributed by atoms with Crippen molar-refractivity contribution in [1.29, 1.82) is 0 Å². The van der Waals surface area contributed by atoms with E-state index in [2.05, 4.69) is 5.32 Å². The van der Waals surface area contributed by atoms with Gasteiger partial charge in [0.2, 0.25) is 21.8 Å². The highest BCUT2D eigenvalue weighted by atomic mass is 35.5. The Kier molecular flexibility index (Phi) is 6.21. The van der Waals surface area contributed by atoms with Gasteiger partial charge in [0.05, 0.1) is 29.2 Å². The maximum Gasteiger partial charge on any atom is 0.244 e. The number of carbonyl (C=O) groups excluding carboxylic acids is 2. The molecule has 0 aromatic heterocycles. The number of hydrogen-bond donors (Lipinski definition) is 1. The van der Waals surface area contributed by atoms with E-state index >= 15 is 0 Å². The lowest BCUT2D eigenvalue weighted by Crippen LogP contribution is -2.41. The Morgan fingerprint density at radius 1 is 1.18 bits per heavy atom. The summed E-state index contributed by atoms with van der Waals surface area (Å²) < 4.78 is 46.7. The van der Waals surface area contributed by atoms with E-state index < -0.39 is 27.2 Å². The van der Waals surface area contributed by atoms with Gasteiger partial charge < -0.3 is 15.0 Å². The molecule has 0 saturated carbocycles. The minimum Gasteiger partial charge on any atom is -0.379 e. The van der Waals surface area contributed by atoms with E-state index in [4.69, 9.17) is 16.3 Å². The van der Waals surface area contributed by atoms with Crippen LogP contribution in [0.25, 0.3) is 0 Å². The molecule has 11 heteroatoms. The third kappa shape index (κ3) is 4.35. The molecule has 2 aliphatic rings. The number of rotatable bonds is 5. The first-order valence-electron chi connectivity index (χ1n) is 10.3. The van der Waals surface area contributed by atoms with Gasteiger partial charge in [-0.25, -0.2) is 12.8 Å². The number of hydrogen-bond acceptors (Lipinski definition) is 5. The molecule has 2 amide bonds. The Morgan fingerprint density at radius 2 is 1.88 bits per heavy atom. The Labute approximate surface area is 196 Å². The molecule has 33 heavy (non-hydrogen) atoms. The lowest BCUT2D eigenvalue weighted by Gasteiger charge is -2.26. The van der Waals surface area contributed by atoms with E-state index in [0.717, 1.165) is 6.07 Å². The van der Waals surface area contributed by atoms with Crippen LogP contribution in [0.1, 0.15) is 19.4 Å². The summed E-state index contributed by atoms with van der Waals surface area (Å²) in [6, 6.07) is 8.31. The van der Waals surface area contributed by atoms with Crippen LogP contribution in [0.4, 0.5) is 15.8 Å². The van der Waals surface area contributed by atoms with Crippen LogP contribution in [0.15, 0.2) is 41.3 Å². The second kappa shape index (κ2) is 8.68. The molecule has 0 unspecified atom stereocenters. The zero-order valence-corrected chi connectivity index (χ0v) is 19.7. The molecule has 1 saturated heterocycles.